The topological polar surface area (TPSA) is 46.3 Å². The maximum atomic E-state index is 8.81. The fourth-order valence-electron chi connectivity index (χ4n) is 1.03. The minimum atomic E-state index is 0.478. The van der Waals surface area contributed by atoms with Crippen molar-refractivity contribution in [2.45, 2.75) is 25.8 Å². The smallest absolute Gasteiger partial charge is 0.116 e. The second kappa shape index (κ2) is 6.31. The van der Waals surface area contributed by atoms with E-state index in [0.717, 1.165) is 6.29 Å². The van der Waals surface area contributed by atoms with E-state index in [4.69, 9.17) is 10.5 Å². The highest BCUT2D eigenvalue weighted by molar-refractivity contribution is 5.44. The van der Waals surface area contributed by atoms with Gasteiger partial charge in [0.25, 0.3) is 0 Å². The molecule has 0 unspecified atom stereocenters. The molecular weight excluding hydrogens is 140 g/mol. The van der Waals surface area contributed by atoms with Crippen molar-refractivity contribution in [2.75, 3.05) is 20.1 Å². The molecule has 1 aliphatic rings. The maximum Gasteiger partial charge on any atom is 0.116 e. The molecule has 11 heavy (non-hydrogen) atoms. The first-order valence-corrected chi connectivity index (χ1v) is 4.04. The highest BCUT2D eigenvalue weighted by Gasteiger charge is 2.10. The van der Waals surface area contributed by atoms with Gasteiger partial charge in [-0.1, -0.05) is 0 Å². The molecule has 1 aliphatic heterocycles. The Morgan fingerprint density at radius 3 is 2.09 bits per heavy atom. The van der Waals surface area contributed by atoms with Crippen molar-refractivity contribution in [2.24, 2.45) is 5.73 Å². The largest absolute Gasteiger partial charge is 0.328 e. The number of likely N-dealkylation sites (tertiary alicyclic amines) is 1. The lowest BCUT2D eigenvalue weighted by Crippen LogP contribution is -2.37. The minimum Gasteiger partial charge on any atom is -0.328 e. The van der Waals surface area contributed by atoms with E-state index < -0.39 is 0 Å². The van der Waals surface area contributed by atoms with E-state index in [0.29, 0.717) is 6.04 Å². The number of nitrogens with zero attached hydrogens (tertiary/aromatic N) is 1. The van der Waals surface area contributed by atoms with Crippen LogP contribution in [0.15, 0.2) is 0 Å². The lowest BCUT2D eigenvalue weighted by atomic mass is 10.1. The molecule has 0 aromatic rings. The first-order chi connectivity index (χ1) is 5.20. The third-order valence-corrected chi connectivity index (χ3v) is 1.76. The minimum absolute atomic E-state index is 0.478. The van der Waals surface area contributed by atoms with Gasteiger partial charge in [-0.25, -0.2) is 0 Å². The van der Waals surface area contributed by atoms with E-state index in [2.05, 4.69) is 11.9 Å². The summed E-state index contributed by atoms with van der Waals surface area (Å²) in [6.07, 6.45) is 3.10. The molecule has 2 N–H and O–H groups in total. The lowest BCUT2D eigenvalue weighted by Gasteiger charge is -2.25. The van der Waals surface area contributed by atoms with E-state index in [1.165, 1.54) is 32.9 Å². The van der Waals surface area contributed by atoms with Gasteiger partial charge in [0.2, 0.25) is 0 Å². The zero-order valence-electron chi connectivity index (χ0n) is 7.42. The molecule has 0 saturated carbocycles. The van der Waals surface area contributed by atoms with Crippen molar-refractivity contribution < 1.29 is 4.79 Å². The van der Waals surface area contributed by atoms with Gasteiger partial charge in [0.1, 0.15) is 6.29 Å². The molecular formula is C8H18N2O. The fraction of sp³-hybridized carbons (Fsp3) is 0.875. The van der Waals surface area contributed by atoms with E-state index in [1.54, 1.807) is 0 Å². The Morgan fingerprint density at radius 1 is 1.45 bits per heavy atom. The highest BCUT2D eigenvalue weighted by atomic mass is 16.1. The molecule has 1 saturated heterocycles. The van der Waals surface area contributed by atoms with Gasteiger partial charge >= 0.3 is 0 Å². The maximum absolute atomic E-state index is 8.81. The van der Waals surface area contributed by atoms with Gasteiger partial charge < -0.3 is 15.4 Å². The lowest BCUT2D eigenvalue weighted by molar-refractivity contribution is -0.106. The number of carbonyl (C=O) groups excluding carboxylic acids is 1. The summed E-state index contributed by atoms with van der Waals surface area (Å²) in [5.74, 6) is 0. The Bertz CT molecular complexity index is 88.3. The summed E-state index contributed by atoms with van der Waals surface area (Å²) in [5, 5.41) is 0. The highest BCUT2D eigenvalue weighted by Crippen LogP contribution is 2.04. The molecule has 1 heterocycles. The molecule has 1 rings (SSSR count). The molecule has 3 nitrogen and oxygen atoms in total. The van der Waals surface area contributed by atoms with E-state index in [9.17, 15) is 0 Å². The van der Waals surface area contributed by atoms with Crippen molar-refractivity contribution >= 4 is 6.29 Å². The van der Waals surface area contributed by atoms with Crippen LogP contribution in [0.4, 0.5) is 0 Å². The van der Waals surface area contributed by atoms with Crippen molar-refractivity contribution in [3.05, 3.63) is 0 Å². The second-order valence-electron chi connectivity index (χ2n) is 2.88. The summed E-state index contributed by atoms with van der Waals surface area (Å²) in [6, 6.07) is 0.478. The summed E-state index contributed by atoms with van der Waals surface area (Å²) in [6.45, 7) is 3.81. The van der Waals surface area contributed by atoms with Crippen LogP contribution < -0.4 is 5.73 Å². The molecule has 0 atom stereocenters. The van der Waals surface area contributed by atoms with Crippen LogP contribution >= 0.6 is 0 Å². The molecule has 66 valence electrons. The Kier molecular flexibility index (Phi) is 6.07. The second-order valence-corrected chi connectivity index (χ2v) is 2.88. The summed E-state index contributed by atoms with van der Waals surface area (Å²) < 4.78 is 0. The van der Waals surface area contributed by atoms with Crippen molar-refractivity contribution in [1.29, 1.82) is 0 Å². The van der Waals surface area contributed by atoms with Crippen molar-refractivity contribution in [3.63, 3.8) is 0 Å². The van der Waals surface area contributed by atoms with Crippen molar-refractivity contribution in [1.82, 2.24) is 4.90 Å². The quantitative estimate of drug-likeness (QED) is 0.514. The Morgan fingerprint density at radius 2 is 1.82 bits per heavy atom. The van der Waals surface area contributed by atoms with E-state index >= 15 is 0 Å². The third kappa shape index (κ3) is 6.01. The SMILES string of the molecule is CC=O.CN1CCC(N)CC1. The van der Waals surface area contributed by atoms with Crippen molar-refractivity contribution in [3.8, 4) is 0 Å². The molecule has 0 spiro atoms. The number of carbonyl (C=O) groups is 1. The summed E-state index contributed by atoms with van der Waals surface area (Å²) in [4.78, 5) is 11.1. The average molecular weight is 158 g/mol. The van der Waals surface area contributed by atoms with Gasteiger partial charge in [-0.3, -0.25) is 0 Å². The number of nitrogens with two attached hydrogens (primary N) is 1. The monoisotopic (exact) mass is 158 g/mol. The Balaban J connectivity index is 0.000000292. The first kappa shape index (κ1) is 10.6. The number of aldehydes is 1. The van der Waals surface area contributed by atoms with Crippen LogP contribution in [0.5, 0.6) is 0 Å². The number of hydrogen-bond donors (Lipinski definition) is 1. The molecule has 0 radical (unpaired) electrons. The van der Waals surface area contributed by atoms with Crippen LogP contribution in [-0.4, -0.2) is 37.4 Å². The molecule has 1 fully saturated rings. The fourth-order valence-corrected chi connectivity index (χ4v) is 1.03. The number of hydrogen-bond acceptors (Lipinski definition) is 3. The predicted molar refractivity (Wildman–Crippen MR) is 46.4 cm³/mol. The van der Waals surface area contributed by atoms with E-state index in [1.807, 2.05) is 0 Å². The first-order valence-electron chi connectivity index (χ1n) is 4.04. The van der Waals surface area contributed by atoms with Gasteiger partial charge in [-0.05, 0) is 39.9 Å². The summed E-state index contributed by atoms with van der Waals surface area (Å²) in [7, 11) is 2.14. The third-order valence-electron chi connectivity index (χ3n) is 1.76. The zero-order valence-corrected chi connectivity index (χ0v) is 7.42. The van der Waals surface area contributed by atoms with Gasteiger partial charge in [0.15, 0.2) is 0 Å². The molecule has 0 amide bonds. The molecule has 0 bridgehead atoms. The van der Waals surface area contributed by atoms with Crippen LogP contribution in [0.2, 0.25) is 0 Å². The predicted octanol–water partition coefficient (Wildman–Crippen LogP) is 0.244. The number of rotatable bonds is 0. The standard InChI is InChI=1S/C6H14N2.C2H4O/c1-8-4-2-6(7)3-5-8;1-2-3/h6H,2-5,7H2,1H3;2H,1H3. The summed E-state index contributed by atoms with van der Waals surface area (Å²) >= 11 is 0. The van der Waals surface area contributed by atoms with Crippen LogP contribution in [0, 0.1) is 0 Å². The van der Waals surface area contributed by atoms with Crippen LogP contribution in [0.3, 0.4) is 0 Å². The number of piperidine rings is 1. The van der Waals surface area contributed by atoms with Gasteiger partial charge in [0, 0.05) is 6.04 Å². The van der Waals surface area contributed by atoms with Crippen LogP contribution in [0.1, 0.15) is 19.8 Å². The molecule has 3 heteroatoms. The van der Waals surface area contributed by atoms with Gasteiger partial charge in [-0.2, -0.15) is 0 Å². The van der Waals surface area contributed by atoms with E-state index in [-0.39, 0.29) is 0 Å². The average Bonchev–Trinajstić information content (AvgIpc) is 1.97. The molecule has 0 aliphatic carbocycles. The molecule has 0 aromatic heterocycles. The molecule has 0 aromatic carbocycles. The van der Waals surface area contributed by atoms with Gasteiger partial charge in [0.05, 0.1) is 0 Å². The Hall–Kier alpha value is -0.410. The summed E-state index contributed by atoms with van der Waals surface area (Å²) in [5.41, 5.74) is 5.67. The van der Waals surface area contributed by atoms with Crippen LogP contribution in [-0.2, 0) is 4.79 Å². The Labute approximate surface area is 68.6 Å². The van der Waals surface area contributed by atoms with Gasteiger partial charge in [-0.15, -0.1) is 0 Å². The normalized spacial score (nSPS) is 20.3. The van der Waals surface area contributed by atoms with Crippen LogP contribution in [0.25, 0.3) is 0 Å². The zero-order chi connectivity index (χ0) is 8.69.